The number of hydrogen-bond donors (Lipinski definition) is 1. The van der Waals surface area contributed by atoms with Gasteiger partial charge in [-0.05, 0) is 42.0 Å². The molecule has 0 aliphatic carbocycles. The van der Waals surface area contributed by atoms with E-state index in [1.165, 1.54) is 30.5 Å². The molecule has 0 atom stereocenters. The van der Waals surface area contributed by atoms with E-state index in [1.54, 1.807) is 30.3 Å². The van der Waals surface area contributed by atoms with E-state index in [-0.39, 0.29) is 4.90 Å². The van der Waals surface area contributed by atoms with Crippen LogP contribution in [0, 0.1) is 0 Å². The molecule has 0 saturated heterocycles. The van der Waals surface area contributed by atoms with E-state index < -0.39 is 10.0 Å². The molecule has 120 valence electrons. The van der Waals surface area contributed by atoms with Crippen molar-refractivity contribution in [3.8, 4) is 5.75 Å². The summed E-state index contributed by atoms with van der Waals surface area (Å²) in [5.41, 5.74) is 0.699. The number of sulfonamides is 1. The van der Waals surface area contributed by atoms with Gasteiger partial charge in [0, 0.05) is 5.02 Å². The van der Waals surface area contributed by atoms with Crippen molar-refractivity contribution in [3.05, 3.63) is 71.8 Å². The second kappa shape index (κ2) is 7.80. The van der Waals surface area contributed by atoms with Gasteiger partial charge < -0.3 is 4.74 Å². The third-order valence-corrected chi connectivity index (χ3v) is 4.23. The fourth-order valence-corrected chi connectivity index (χ4v) is 2.59. The molecule has 0 aliphatic rings. The molecule has 0 radical (unpaired) electrons. The third kappa shape index (κ3) is 5.12. The number of halogens is 1. The van der Waals surface area contributed by atoms with E-state index in [0.29, 0.717) is 22.9 Å². The number of rotatable bonds is 7. The van der Waals surface area contributed by atoms with Gasteiger partial charge in [-0.25, -0.2) is 4.83 Å². The molecule has 0 bridgehead atoms. The lowest BCUT2D eigenvalue weighted by Gasteiger charge is -2.04. The first kappa shape index (κ1) is 17.1. The zero-order valence-corrected chi connectivity index (χ0v) is 13.7. The Morgan fingerprint density at radius 3 is 2.65 bits per heavy atom. The number of hydrazone groups is 1. The highest BCUT2D eigenvalue weighted by molar-refractivity contribution is 7.89. The minimum absolute atomic E-state index is 0.0853. The summed E-state index contributed by atoms with van der Waals surface area (Å²) in [6, 6.07) is 12.9. The van der Waals surface area contributed by atoms with Gasteiger partial charge in [-0.15, -0.1) is 0 Å². The summed E-state index contributed by atoms with van der Waals surface area (Å²) in [4.78, 5) is 2.23. The first-order valence-corrected chi connectivity index (χ1v) is 8.51. The summed E-state index contributed by atoms with van der Waals surface area (Å²) >= 11 is 5.73. The van der Waals surface area contributed by atoms with Gasteiger partial charge in [-0.1, -0.05) is 36.4 Å². The Balaban J connectivity index is 2.06. The highest BCUT2D eigenvalue weighted by atomic mass is 35.5. The average molecular weight is 351 g/mol. The number of nitrogens with zero attached hydrogens (tertiary/aromatic N) is 1. The zero-order chi connectivity index (χ0) is 16.7. The predicted molar refractivity (Wildman–Crippen MR) is 91.5 cm³/mol. The van der Waals surface area contributed by atoms with E-state index >= 15 is 0 Å². The normalized spacial score (nSPS) is 11.3. The molecular weight excluding hydrogens is 336 g/mol. The summed E-state index contributed by atoms with van der Waals surface area (Å²) in [5, 5.41) is 4.22. The van der Waals surface area contributed by atoms with Crippen molar-refractivity contribution in [1.29, 1.82) is 0 Å². The second-order valence-corrected chi connectivity index (χ2v) is 6.58. The summed E-state index contributed by atoms with van der Waals surface area (Å²) in [6.07, 6.45) is 3.04. The number of nitrogens with one attached hydrogen (secondary N) is 1. The van der Waals surface area contributed by atoms with E-state index in [1.807, 2.05) is 0 Å². The van der Waals surface area contributed by atoms with Crippen LogP contribution in [0.2, 0.25) is 5.02 Å². The second-order valence-electron chi connectivity index (χ2n) is 4.48. The van der Waals surface area contributed by atoms with Crippen molar-refractivity contribution in [3.63, 3.8) is 0 Å². The van der Waals surface area contributed by atoms with Gasteiger partial charge in [0.25, 0.3) is 10.0 Å². The van der Waals surface area contributed by atoms with E-state index in [0.717, 1.165) is 0 Å². The van der Waals surface area contributed by atoms with E-state index in [9.17, 15) is 8.42 Å². The van der Waals surface area contributed by atoms with Crippen molar-refractivity contribution < 1.29 is 13.2 Å². The Kier molecular flexibility index (Phi) is 5.78. The summed E-state index contributed by atoms with van der Waals surface area (Å²) in [7, 11) is -3.72. The minimum atomic E-state index is -3.72. The van der Waals surface area contributed by atoms with Crippen molar-refractivity contribution in [1.82, 2.24) is 4.83 Å². The van der Waals surface area contributed by atoms with E-state index in [4.69, 9.17) is 16.3 Å². The molecule has 23 heavy (non-hydrogen) atoms. The molecule has 7 heteroatoms. The average Bonchev–Trinajstić information content (AvgIpc) is 2.53. The molecule has 0 fully saturated rings. The molecule has 0 spiro atoms. The fraction of sp³-hybridized carbons (Fsp3) is 0.0625. The lowest BCUT2D eigenvalue weighted by Crippen LogP contribution is -2.18. The Hall–Kier alpha value is -2.31. The van der Waals surface area contributed by atoms with Gasteiger partial charge in [-0.3, -0.25) is 0 Å². The maximum atomic E-state index is 12.0. The first-order valence-electron chi connectivity index (χ1n) is 6.65. The van der Waals surface area contributed by atoms with Crippen LogP contribution in [0.25, 0.3) is 0 Å². The number of ether oxygens (including phenoxy) is 1. The number of hydrogen-bond acceptors (Lipinski definition) is 4. The van der Waals surface area contributed by atoms with Crippen molar-refractivity contribution >= 4 is 27.8 Å². The van der Waals surface area contributed by atoms with Gasteiger partial charge in [-0.2, -0.15) is 13.5 Å². The smallest absolute Gasteiger partial charge is 0.276 e. The van der Waals surface area contributed by atoms with Crippen LogP contribution >= 0.6 is 11.6 Å². The van der Waals surface area contributed by atoms with Gasteiger partial charge >= 0.3 is 0 Å². The van der Waals surface area contributed by atoms with Crippen LogP contribution < -0.4 is 9.57 Å². The minimum Gasteiger partial charge on any atom is -0.490 e. The molecule has 0 unspecified atom stereocenters. The SMILES string of the molecule is C=CCOc1cccc(C=NNS(=O)(=O)c2ccc(Cl)cc2)c1. The zero-order valence-electron chi connectivity index (χ0n) is 12.1. The van der Waals surface area contributed by atoms with Gasteiger partial charge in [0.2, 0.25) is 0 Å². The topological polar surface area (TPSA) is 67.8 Å². The quantitative estimate of drug-likeness (QED) is 0.473. The number of benzene rings is 2. The summed E-state index contributed by atoms with van der Waals surface area (Å²) < 4.78 is 29.5. The molecule has 5 nitrogen and oxygen atoms in total. The van der Waals surface area contributed by atoms with Gasteiger partial charge in [0.05, 0.1) is 11.1 Å². The van der Waals surface area contributed by atoms with Crippen molar-refractivity contribution in [2.75, 3.05) is 6.61 Å². The molecule has 0 heterocycles. The molecule has 0 amide bonds. The van der Waals surface area contributed by atoms with Crippen molar-refractivity contribution in [2.45, 2.75) is 4.90 Å². The maximum Gasteiger partial charge on any atom is 0.276 e. The molecule has 0 aliphatic heterocycles. The Bertz CT molecular complexity index is 802. The van der Waals surface area contributed by atoms with Gasteiger partial charge in [0.1, 0.15) is 12.4 Å². The van der Waals surface area contributed by atoms with Crippen molar-refractivity contribution in [2.24, 2.45) is 5.10 Å². The Morgan fingerprint density at radius 1 is 1.22 bits per heavy atom. The highest BCUT2D eigenvalue weighted by Gasteiger charge is 2.11. The van der Waals surface area contributed by atoms with Crippen LogP contribution in [-0.4, -0.2) is 21.2 Å². The van der Waals surface area contributed by atoms with Crippen LogP contribution in [0.4, 0.5) is 0 Å². The monoisotopic (exact) mass is 350 g/mol. The van der Waals surface area contributed by atoms with Crippen LogP contribution in [-0.2, 0) is 10.0 Å². The Labute approximate surface area is 140 Å². The molecule has 2 aromatic rings. The van der Waals surface area contributed by atoms with Crippen LogP contribution in [0.3, 0.4) is 0 Å². The lowest BCUT2D eigenvalue weighted by molar-refractivity contribution is 0.363. The van der Waals surface area contributed by atoms with E-state index in [2.05, 4.69) is 16.5 Å². The molecular formula is C16H15ClN2O3S. The molecule has 2 rings (SSSR count). The highest BCUT2D eigenvalue weighted by Crippen LogP contribution is 2.14. The standard InChI is InChI=1S/C16H15ClN2O3S/c1-2-10-22-15-5-3-4-13(11-15)12-18-19-23(20,21)16-8-6-14(17)7-9-16/h2-9,11-12,19H,1,10H2. The lowest BCUT2D eigenvalue weighted by atomic mass is 10.2. The van der Waals surface area contributed by atoms with Gasteiger partial charge in [0.15, 0.2) is 0 Å². The summed E-state index contributed by atoms with van der Waals surface area (Å²) in [5.74, 6) is 0.648. The molecule has 0 aromatic heterocycles. The third-order valence-electron chi connectivity index (χ3n) is 2.74. The summed E-state index contributed by atoms with van der Waals surface area (Å²) in [6.45, 7) is 3.97. The molecule has 1 N–H and O–H groups in total. The maximum absolute atomic E-state index is 12.0. The predicted octanol–water partition coefficient (Wildman–Crippen LogP) is 3.22. The fourth-order valence-electron chi connectivity index (χ4n) is 1.68. The largest absolute Gasteiger partial charge is 0.490 e. The van der Waals surface area contributed by atoms with Crippen LogP contribution in [0.15, 0.2) is 71.2 Å². The first-order chi connectivity index (χ1) is 11.0. The Morgan fingerprint density at radius 2 is 1.96 bits per heavy atom. The molecule has 2 aromatic carbocycles. The molecule has 0 saturated carbocycles. The van der Waals surface area contributed by atoms with Crippen LogP contribution in [0.1, 0.15) is 5.56 Å². The van der Waals surface area contributed by atoms with Crippen LogP contribution in [0.5, 0.6) is 5.75 Å².